The Kier molecular flexibility index (Phi) is 7.18. The molecule has 2 aromatic rings. The van der Waals surface area contributed by atoms with E-state index in [4.69, 9.17) is 15.5 Å². The molecule has 0 bridgehead atoms. The molecule has 0 atom stereocenters. The molecule has 0 saturated carbocycles. The van der Waals surface area contributed by atoms with Crippen LogP contribution in [0.2, 0.25) is 0 Å². The van der Waals surface area contributed by atoms with Crippen molar-refractivity contribution in [1.29, 1.82) is 0 Å². The summed E-state index contributed by atoms with van der Waals surface area (Å²) in [6.07, 6.45) is 10.5. The summed E-state index contributed by atoms with van der Waals surface area (Å²) in [5.74, 6) is 1.29. The molecule has 0 spiro atoms. The molecule has 4 N–H and O–H groups in total. The Morgan fingerprint density at radius 1 is 1.34 bits per heavy atom. The van der Waals surface area contributed by atoms with Crippen LogP contribution in [0.25, 0.3) is 5.65 Å². The minimum atomic E-state index is 0.241. The third-order valence-electron chi connectivity index (χ3n) is 4.70. The molecule has 3 heterocycles. The van der Waals surface area contributed by atoms with Gasteiger partial charge in [-0.05, 0) is 36.6 Å². The lowest BCUT2D eigenvalue weighted by atomic mass is 10.1. The largest absolute Gasteiger partial charge is 0.405 e. The van der Waals surface area contributed by atoms with Crippen molar-refractivity contribution >= 4 is 17.5 Å². The number of nitrogens with two attached hydrogens (primary N) is 1. The number of aromatic nitrogens is 4. The lowest BCUT2D eigenvalue weighted by Crippen LogP contribution is -2.29. The van der Waals surface area contributed by atoms with E-state index in [0.29, 0.717) is 23.8 Å². The van der Waals surface area contributed by atoms with Gasteiger partial charge in [0, 0.05) is 31.4 Å². The second kappa shape index (κ2) is 10.0. The fraction of sp³-hybridized carbons (Fsp3) is 0.450. The molecule has 0 amide bonds. The van der Waals surface area contributed by atoms with Gasteiger partial charge in [0.1, 0.15) is 0 Å². The molecule has 0 radical (unpaired) electrons. The quantitative estimate of drug-likeness (QED) is 0.584. The van der Waals surface area contributed by atoms with Crippen molar-refractivity contribution < 1.29 is 9.13 Å². The van der Waals surface area contributed by atoms with E-state index >= 15 is 0 Å². The third-order valence-corrected chi connectivity index (χ3v) is 4.70. The molecule has 0 aliphatic carbocycles. The maximum absolute atomic E-state index is 13.2. The van der Waals surface area contributed by atoms with Crippen LogP contribution in [0.15, 0.2) is 42.5 Å². The van der Waals surface area contributed by atoms with Crippen molar-refractivity contribution in [3.63, 3.8) is 0 Å². The fourth-order valence-corrected chi connectivity index (χ4v) is 3.06. The second-order valence-corrected chi connectivity index (χ2v) is 7.17. The monoisotopic (exact) mass is 401 g/mol. The first-order valence-electron chi connectivity index (χ1n) is 9.80. The highest BCUT2D eigenvalue weighted by atomic mass is 19.1. The van der Waals surface area contributed by atoms with E-state index in [1.807, 2.05) is 0 Å². The molecule has 1 fully saturated rings. The SMILES string of the molecule is CC(C)c1cnn2c(NCC(/C=C\C=C\N)=C\F)nc(NC3CCOCC3)nc12. The van der Waals surface area contributed by atoms with Crippen molar-refractivity contribution in [2.75, 3.05) is 30.4 Å². The van der Waals surface area contributed by atoms with Crippen LogP contribution >= 0.6 is 0 Å². The highest BCUT2D eigenvalue weighted by Crippen LogP contribution is 2.23. The van der Waals surface area contributed by atoms with Crippen molar-refractivity contribution in [3.8, 4) is 0 Å². The van der Waals surface area contributed by atoms with Gasteiger partial charge in [0.15, 0.2) is 5.65 Å². The van der Waals surface area contributed by atoms with Crippen LogP contribution in [-0.2, 0) is 4.74 Å². The van der Waals surface area contributed by atoms with Crippen LogP contribution < -0.4 is 16.4 Å². The van der Waals surface area contributed by atoms with E-state index in [2.05, 4.69) is 34.6 Å². The average molecular weight is 401 g/mol. The van der Waals surface area contributed by atoms with E-state index in [1.165, 1.54) is 6.20 Å². The number of fused-ring (bicyclic) bond motifs is 1. The van der Waals surface area contributed by atoms with Crippen LogP contribution in [0.1, 0.15) is 38.2 Å². The van der Waals surface area contributed by atoms with Gasteiger partial charge in [-0.3, -0.25) is 0 Å². The standard InChI is InChI=1S/C20H28FN7O/c1-14(2)17-13-24-28-18(17)26-19(25-16-6-9-29-10-7-16)27-20(28)23-12-15(11-21)5-3-4-8-22/h3-5,8,11,13-14,16H,6-7,9-10,12,22H2,1-2H3,(H2,23,25,26,27)/b5-3-,8-4+,15-11-. The number of ether oxygens (including phenoxy) is 1. The first-order valence-corrected chi connectivity index (χ1v) is 9.80. The van der Waals surface area contributed by atoms with Gasteiger partial charge < -0.3 is 21.1 Å². The van der Waals surface area contributed by atoms with E-state index in [9.17, 15) is 4.39 Å². The Morgan fingerprint density at radius 3 is 2.83 bits per heavy atom. The van der Waals surface area contributed by atoms with Gasteiger partial charge in [-0.25, -0.2) is 4.39 Å². The fourth-order valence-electron chi connectivity index (χ4n) is 3.06. The lowest BCUT2D eigenvalue weighted by molar-refractivity contribution is 0.0903. The summed E-state index contributed by atoms with van der Waals surface area (Å²) in [5.41, 5.74) is 7.51. The Bertz CT molecular complexity index is 898. The molecule has 0 unspecified atom stereocenters. The summed E-state index contributed by atoms with van der Waals surface area (Å²) in [6, 6.07) is 0.261. The maximum Gasteiger partial charge on any atom is 0.229 e. The zero-order valence-electron chi connectivity index (χ0n) is 16.8. The minimum Gasteiger partial charge on any atom is -0.405 e. The molecule has 1 aliphatic rings. The molecule has 29 heavy (non-hydrogen) atoms. The minimum absolute atomic E-state index is 0.241. The topological polar surface area (TPSA) is 102 Å². The highest BCUT2D eigenvalue weighted by Gasteiger charge is 2.18. The maximum atomic E-state index is 13.2. The number of rotatable bonds is 8. The Morgan fingerprint density at radius 2 is 2.14 bits per heavy atom. The number of hydrogen-bond acceptors (Lipinski definition) is 7. The number of nitrogens with one attached hydrogen (secondary N) is 2. The van der Waals surface area contributed by atoms with Crippen LogP contribution in [-0.4, -0.2) is 45.4 Å². The van der Waals surface area contributed by atoms with Gasteiger partial charge in [0.05, 0.1) is 12.5 Å². The van der Waals surface area contributed by atoms with Gasteiger partial charge in [0.25, 0.3) is 0 Å². The summed E-state index contributed by atoms with van der Waals surface area (Å²) in [7, 11) is 0. The Labute approximate surface area is 169 Å². The summed E-state index contributed by atoms with van der Waals surface area (Å²) in [6.45, 7) is 5.88. The van der Waals surface area contributed by atoms with Gasteiger partial charge >= 0.3 is 0 Å². The summed E-state index contributed by atoms with van der Waals surface area (Å²) >= 11 is 0. The average Bonchev–Trinajstić information content (AvgIpc) is 3.15. The zero-order valence-corrected chi connectivity index (χ0v) is 16.8. The molecule has 0 aromatic carbocycles. The predicted octanol–water partition coefficient (Wildman–Crippen LogP) is 3.13. The first kappa shape index (κ1) is 20.8. The van der Waals surface area contributed by atoms with Crippen LogP contribution in [0.3, 0.4) is 0 Å². The van der Waals surface area contributed by atoms with Gasteiger partial charge in [0.2, 0.25) is 11.9 Å². The first-order chi connectivity index (χ1) is 14.1. The van der Waals surface area contributed by atoms with Crippen LogP contribution in [0.4, 0.5) is 16.3 Å². The van der Waals surface area contributed by atoms with Crippen molar-refractivity contribution in [1.82, 2.24) is 19.6 Å². The molecule has 8 nitrogen and oxygen atoms in total. The van der Waals surface area contributed by atoms with Crippen molar-refractivity contribution in [2.24, 2.45) is 5.73 Å². The normalized spacial score (nSPS) is 16.5. The molecule has 2 aromatic heterocycles. The molecular weight excluding hydrogens is 373 g/mol. The molecular formula is C20H28FN7O. The van der Waals surface area contributed by atoms with Crippen molar-refractivity contribution in [2.45, 2.75) is 38.6 Å². The molecule has 9 heteroatoms. The van der Waals surface area contributed by atoms with Crippen LogP contribution in [0.5, 0.6) is 0 Å². The van der Waals surface area contributed by atoms with E-state index in [-0.39, 0.29) is 18.5 Å². The third kappa shape index (κ3) is 5.32. The summed E-state index contributed by atoms with van der Waals surface area (Å²) in [5, 5.41) is 11.0. The van der Waals surface area contributed by atoms with Crippen molar-refractivity contribution in [3.05, 3.63) is 48.1 Å². The number of hydrogen-bond donors (Lipinski definition) is 3. The van der Waals surface area contributed by atoms with E-state index in [0.717, 1.165) is 37.3 Å². The Balaban J connectivity index is 1.87. The van der Waals surface area contributed by atoms with Gasteiger partial charge in [-0.2, -0.15) is 19.6 Å². The molecule has 1 saturated heterocycles. The molecule has 156 valence electrons. The number of anilines is 2. The van der Waals surface area contributed by atoms with Gasteiger partial charge in [-0.15, -0.1) is 0 Å². The summed E-state index contributed by atoms with van der Waals surface area (Å²) in [4.78, 5) is 9.28. The highest BCUT2D eigenvalue weighted by molar-refractivity contribution is 5.56. The molecule has 1 aliphatic heterocycles. The summed E-state index contributed by atoms with van der Waals surface area (Å²) < 4.78 is 20.3. The predicted molar refractivity (Wildman–Crippen MR) is 112 cm³/mol. The van der Waals surface area contributed by atoms with E-state index in [1.54, 1.807) is 28.9 Å². The number of halogens is 1. The van der Waals surface area contributed by atoms with Crippen LogP contribution in [0, 0.1) is 0 Å². The van der Waals surface area contributed by atoms with Gasteiger partial charge in [-0.1, -0.05) is 26.0 Å². The number of allylic oxidation sites excluding steroid dienone is 2. The van der Waals surface area contributed by atoms with E-state index < -0.39 is 0 Å². The smallest absolute Gasteiger partial charge is 0.229 e. The second-order valence-electron chi connectivity index (χ2n) is 7.17. The number of nitrogens with zero attached hydrogens (tertiary/aromatic N) is 4. The lowest BCUT2D eigenvalue weighted by Gasteiger charge is -2.23. The Hall–Kier alpha value is -2.94. The molecule has 3 rings (SSSR count). The zero-order chi connectivity index (χ0) is 20.6.